The third-order valence-electron chi connectivity index (χ3n) is 3.19. The number of halogens is 1. The number of ether oxygens (including phenoxy) is 3. The summed E-state index contributed by atoms with van der Waals surface area (Å²) in [6.45, 7) is 0. The van der Waals surface area contributed by atoms with Crippen LogP contribution in [0.2, 0.25) is 5.02 Å². The lowest BCUT2D eigenvalue weighted by atomic mass is 10.2. The topological polar surface area (TPSA) is 66.4 Å². The number of aromatic nitrogens is 3. The first-order valence-electron chi connectivity index (χ1n) is 7.03. The predicted octanol–water partition coefficient (Wildman–Crippen LogP) is 4.00. The molecule has 3 aromatic rings. The van der Waals surface area contributed by atoms with Crippen LogP contribution < -0.4 is 14.2 Å². The van der Waals surface area contributed by atoms with Gasteiger partial charge < -0.3 is 14.2 Å². The van der Waals surface area contributed by atoms with Crippen molar-refractivity contribution in [3.05, 3.63) is 53.9 Å². The van der Waals surface area contributed by atoms with Crippen LogP contribution in [0, 0.1) is 0 Å². The van der Waals surface area contributed by atoms with Gasteiger partial charge in [-0.2, -0.15) is 4.98 Å². The highest BCUT2D eigenvalue weighted by Crippen LogP contribution is 2.30. The Hall–Kier alpha value is -2.86. The van der Waals surface area contributed by atoms with E-state index < -0.39 is 0 Å². The van der Waals surface area contributed by atoms with Crippen LogP contribution in [-0.4, -0.2) is 29.2 Å². The lowest BCUT2D eigenvalue weighted by molar-refractivity contribution is 0.412. The molecule has 1 aromatic carbocycles. The lowest BCUT2D eigenvalue weighted by Gasteiger charge is -2.09. The molecule has 0 aliphatic heterocycles. The van der Waals surface area contributed by atoms with Gasteiger partial charge in [-0.05, 0) is 30.3 Å². The van der Waals surface area contributed by atoms with Crippen molar-refractivity contribution < 1.29 is 14.2 Å². The Morgan fingerprint density at radius 1 is 0.875 bits per heavy atom. The van der Waals surface area contributed by atoms with Crippen LogP contribution >= 0.6 is 11.6 Å². The number of benzene rings is 1. The van der Waals surface area contributed by atoms with Crippen molar-refractivity contribution in [2.75, 3.05) is 14.2 Å². The molecule has 0 saturated heterocycles. The van der Waals surface area contributed by atoms with Crippen LogP contribution in [0.4, 0.5) is 0 Å². The first-order chi connectivity index (χ1) is 11.7. The van der Waals surface area contributed by atoms with E-state index in [4.69, 9.17) is 25.8 Å². The summed E-state index contributed by atoms with van der Waals surface area (Å²) in [6.07, 6.45) is 4.74. The van der Waals surface area contributed by atoms with Crippen LogP contribution in [0.1, 0.15) is 0 Å². The standard InChI is InChI=1S/C17H14ClN3O3/c1-22-12-3-5-13(6-4-12)24-17-15(18)10-20-16(21-17)11-7-14(23-2)9-19-8-11/h3-10H,1-2H3. The first kappa shape index (κ1) is 16.0. The summed E-state index contributed by atoms with van der Waals surface area (Å²) in [5, 5.41) is 0.311. The van der Waals surface area contributed by atoms with E-state index in [9.17, 15) is 0 Å². The molecule has 0 radical (unpaired) electrons. The number of rotatable bonds is 5. The highest BCUT2D eigenvalue weighted by Gasteiger charge is 2.11. The molecule has 0 amide bonds. The van der Waals surface area contributed by atoms with Crippen LogP contribution in [0.15, 0.2) is 48.9 Å². The van der Waals surface area contributed by atoms with Gasteiger partial charge in [0, 0.05) is 11.8 Å². The van der Waals surface area contributed by atoms with Gasteiger partial charge in [0.2, 0.25) is 5.88 Å². The molecule has 2 heterocycles. The monoisotopic (exact) mass is 343 g/mol. The van der Waals surface area contributed by atoms with Crippen molar-refractivity contribution in [3.63, 3.8) is 0 Å². The van der Waals surface area contributed by atoms with Crippen molar-refractivity contribution in [2.45, 2.75) is 0 Å². The molecular weight excluding hydrogens is 330 g/mol. The van der Waals surface area contributed by atoms with Crippen molar-refractivity contribution >= 4 is 11.6 Å². The number of methoxy groups -OCH3 is 2. The second kappa shape index (κ2) is 7.14. The fourth-order valence-corrected chi connectivity index (χ4v) is 2.10. The number of hydrogen-bond donors (Lipinski definition) is 0. The average Bonchev–Trinajstić information content (AvgIpc) is 2.64. The molecule has 122 valence electrons. The quantitative estimate of drug-likeness (QED) is 0.697. The molecule has 2 aromatic heterocycles. The van der Waals surface area contributed by atoms with Crippen LogP contribution in [0.5, 0.6) is 23.1 Å². The maximum Gasteiger partial charge on any atom is 0.241 e. The van der Waals surface area contributed by atoms with Crippen LogP contribution in [0.25, 0.3) is 11.4 Å². The van der Waals surface area contributed by atoms with Gasteiger partial charge in [-0.15, -0.1) is 0 Å². The van der Waals surface area contributed by atoms with Gasteiger partial charge in [0.05, 0.1) is 26.6 Å². The van der Waals surface area contributed by atoms with Gasteiger partial charge in [0.25, 0.3) is 0 Å². The number of nitrogens with zero attached hydrogens (tertiary/aromatic N) is 3. The van der Waals surface area contributed by atoms with E-state index in [0.717, 1.165) is 5.75 Å². The minimum absolute atomic E-state index is 0.259. The summed E-state index contributed by atoms with van der Waals surface area (Å²) in [5.74, 6) is 2.64. The highest BCUT2D eigenvalue weighted by molar-refractivity contribution is 6.31. The van der Waals surface area contributed by atoms with Gasteiger partial charge >= 0.3 is 0 Å². The molecule has 0 spiro atoms. The second-order valence-corrected chi connectivity index (χ2v) is 5.14. The average molecular weight is 344 g/mol. The maximum atomic E-state index is 6.14. The fraction of sp³-hybridized carbons (Fsp3) is 0.118. The Balaban J connectivity index is 1.90. The van der Waals surface area contributed by atoms with Crippen molar-refractivity contribution in [3.8, 4) is 34.5 Å². The zero-order valence-electron chi connectivity index (χ0n) is 13.1. The van der Waals surface area contributed by atoms with Crippen LogP contribution in [0.3, 0.4) is 0 Å². The maximum absolute atomic E-state index is 6.14. The number of pyridine rings is 1. The Labute approximate surface area is 144 Å². The molecule has 3 rings (SSSR count). The lowest BCUT2D eigenvalue weighted by Crippen LogP contribution is -1.95. The van der Waals surface area contributed by atoms with E-state index >= 15 is 0 Å². The molecule has 0 saturated carbocycles. The zero-order valence-corrected chi connectivity index (χ0v) is 13.8. The number of hydrogen-bond acceptors (Lipinski definition) is 6. The van der Waals surface area contributed by atoms with E-state index in [1.807, 2.05) is 0 Å². The summed E-state index contributed by atoms with van der Waals surface area (Å²) in [5.41, 5.74) is 0.700. The van der Waals surface area contributed by atoms with Crippen LogP contribution in [-0.2, 0) is 0 Å². The van der Waals surface area contributed by atoms with Gasteiger partial charge in [-0.3, -0.25) is 4.98 Å². The third-order valence-corrected chi connectivity index (χ3v) is 3.45. The van der Waals surface area contributed by atoms with Crippen molar-refractivity contribution in [1.82, 2.24) is 15.0 Å². The van der Waals surface area contributed by atoms with E-state index in [0.29, 0.717) is 27.9 Å². The Morgan fingerprint density at radius 3 is 2.29 bits per heavy atom. The first-order valence-corrected chi connectivity index (χ1v) is 7.41. The molecule has 6 nitrogen and oxygen atoms in total. The molecule has 0 atom stereocenters. The Morgan fingerprint density at radius 2 is 1.58 bits per heavy atom. The highest BCUT2D eigenvalue weighted by atomic mass is 35.5. The van der Waals surface area contributed by atoms with E-state index in [1.165, 1.54) is 6.20 Å². The Bertz CT molecular complexity index is 841. The van der Waals surface area contributed by atoms with E-state index in [2.05, 4.69) is 15.0 Å². The molecule has 0 aliphatic carbocycles. The summed E-state index contributed by atoms with van der Waals surface area (Å²) >= 11 is 6.14. The summed E-state index contributed by atoms with van der Waals surface area (Å²) < 4.78 is 16.0. The molecule has 0 bridgehead atoms. The van der Waals surface area contributed by atoms with Gasteiger partial charge in [0.1, 0.15) is 22.3 Å². The summed E-state index contributed by atoms with van der Waals surface area (Å²) in [4.78, 5) is 12.7. The largest absolute Gasteiger partial charge is 0.497 e. The molecule has 0 fully saturated rings. The van der Waals surface area contributed by atoms with Gasteiger partial charge in [0.15, 0.2) is 5.82 Å². The molecular formula is C17H14ClN3O3. The summed E-state index contributed by atoms with van der Waals surface area (Å²) in [6, 6.07) is 8.90. The van der Waals surface area contributed by atoms with Gasteiger partial charge in [-0.1, -0.05) is 11.6 Å². The fourth-order valence-electron chi connectivity index (χ4n) is 1.97. The smallest absolute Gasteiger partial charge is 0.241 e. The molecule has 0 N–H and O–H groups in total. The zero-order chi connectivity index (χ0) is 16.9. The predicted molar refractivity (Wildman–Crippen MR) is 89.9 cm³/mol. The Kier molecular flexibility index (Phi) is 4.77. The van der Waals surface area contributed by atoms with E-state index in [1.54, 1.807) is 56.9 Å². The third kappa shape index (κ3) is 3.55. The van der Waals surface area contributed by atoms with Gasteiger partial charge in [-0.25, -0.2) is 4.98 Å². The van der Waals surface area contributed by atoms with Crippen molar-refractivity contribution in [2.24, 2.45) is 0 Å². The molecule has 24 heavy (non-hydrogen) atoms. The molecule has 0 aliphatic rings. The normalized spacial score (nSPS) is 10.3. The molecule has 0 unspecified atom stereocenters. The minimum atomic E-state index is 0.259. The minimum Gasteiger partial charge on any atom is -0.497 e. The van der Waals surface area contributed by atoms with E-state index in [-0.39, 0.29) is 5.88 Å². The van der Waals surface area contributed by atoms with Crippen molar-refractivity contribution in [1.29, 1.82) is 0 Å². The summed E-state index contributed by atoms with van der Waals surface area (Å²) in [7, 11) is 3.17. The second-order valence-electron chi connectivity index (χ2n) is 4.74. The molecule has 7 heteroatoms. The SMILES string of the molecule is COc1ccc(Oc2nc(-c3cncc(OC)c3)ncc2Cl)cc1.